The Bertz CT molecular complexity index is 500. The molecule has 0 atom stereocenters. The van der Waals surface area contributed by atoms with Gasteiger partial charge in [0.25, 0.3) is 0 Å². The summed E-state index contributed by atoms with van der Waals surface area (Å²) in [5.41, 5.74) is 0.425. The number of benzene rings is 1. The van der Waals surface area contributed by atoms with Gasteiger partial charge in [-0.3, -0.25) is 4.74 Å². The largest absolute Gasteiger partial charge is 0.522 e. The standard InChI is InChI=1S/C12H10BrF3O4/c13-9-3-1-2-8(4-5-10(17)18)11(9)19-6-7-20-12(14,15)16/h1-5H,6-7H2,(H,17,18). The molecule has 0 saturated carbocycles. The second kappa shape index (κ2) is 7.30. The number of alkyl halides is 3. The van der Waals surface area contributed by atoms with Crippen molar-refractivity contribution >= 4 is 28.0 Å². The fourth-order valence-electron chi connectivity index (χ4n) is 1.27. The highest BCUT2D eigenvalue weighted by atomic mass is 79.9. The molecular weight excluding hydrogens is 345 g/mol. The Morgan fingerprint density at radius 2 is 2.05 bits per heavy atom. The SMILES string of the molecule is O=C(O)C=Cc1cccc(Br)c1OCCOC(F)(F)F. The third-order valence-electron chi connectivity index (χ3n) is 2.00. The summed E-state index contributed by atoms with van der Waals surface area (Å²) in [5, 5.41) is 8.55. The molecule has 0 aliphatic carbocycles. The molecule has 8 heteroatoms. The fraction of sp³-hybridized carbons (Fsp3) is 0.250. The minimum atomic E-state index is -4.71. The Kier molecular flexibility index (Phi) is 6.03. The van der Waals surface area contributed by atoms with E-state index in [1.54, 1.807) is 18.2 Å². The molecule has 0 bridgehead atoms. The number of carboxylic acids is 1. The van der Waals surface area contributed by atoms with Gasteiger partial charge >= 0.3 is 12.3 Å². The maximum Gasteiger partial charge on any atom is 0.522 e. The van der Waals surface area contributed by atoms with Crippen molar-refractivity contribution in [2.45, 2.75) is 6.36 Å². The summed E-state index contributed by atoms with van der Waals surface area (Å²) in [7, 11) is 0. The fourth-order valence-corrected chi connectivity index (χ4v) is 1.77. The van der Waals surface area contributed by atoms with Crippen LogP contribution in [0.2, 0.25) is 0 Å². The molecule has 1 rings (SSSR count). The van der Waals surface area contributed by atoms with Crippen LogP contribution in [0.25, 0.3) is 6.08 Å². The molecular formula is C12H10BrF3O4. The van der Waals surface area contributed by atoms with E-state index in [0.29, 0.717) is 10.0 Å². The van der Waals surface area contributed by atoms with Crippen LogP contribution in [0.3, 0.4) is 0 Å². The molecule has 0 fully saturated rings. The lowest BCUT2D eigenvalue weighted by molar-refractivity contribution is -0.325. The second-order valence-electron chi connectivity index (χ2n) is 3.47. The van der Waals surface area contributed by atoms with Crippen LogP contribution >= 0.6 is 15.9 Å². The monoisotopic (exact) mass is 354 g/mol. The van der Waals surface area contributed by atoms with Crippen LogP contribution in [0.1, 0.15) is 5.56 Å². The number of carboxylic acid groups (broad SMARTS) is 1. The van der Waals surface area contributed by atoms with E-state index in [0.717, 1.165) is 6.08 Å². The number of hydrogen-bond donors (Lipinski definition) is 1. The highest BCUT2D eigenvalue weighted by Gasteiger charge is 2.28. The van der Waals surface area contributed by atoms with Crippen LogP contribution in [0.4, 0.5) is 13.2 Å². The van der Waals surface area contributed by atoms with Gasteiger partial charge in [0.1, 0.15) is 12.4 Å². The van der Waals surface area contributed by atoms with E-state index < -0.39 is 18.9 Å². The first-order valence-electron chi connectivity index (χ1n) is 5.32. The van der Waals surface area contributed by atoms with E-state index in [2.05, 4.69) is 20.7 Å². The zero-order valence-electron chi connectivity index (χ0n) is 9.98. The van der Waals surface area contributed by atoms with Crippen molar-refractivity contribution in [2.24, 2.45) is 0 Å². The topological polar surface area (TPSA) is 55.8 Å². The van der Waals surface area contributed by atoms with Crippen LogP contribution in [-0.4, -0.2) is 30.7 Å². The number of aliphatic carboxylic acids is 1. The first kappa shape index (κ1) is 16.5. The summed E-state index contributed by atoms with van der Waals surface area (Å²) in [6.07, 6.45) is -2.52. The van der Waals surface area contributed by atoms with Crippen molar-refractivity contribution in [1.29, 1.82) is 0 Å². The van der Waals surface area contributed by atoms with E-state index in [1.165, 1.54) is 6.08 Å². The maximum atomic E-state index is 11.8. The summed E-state index contributed by atoms with van der Waals surface area (Å²) in [5.74, 6) is -0.896. The molecule has 0 spiro atoms. The molecule has 20 heavy (non-hydrogen) atoms. The summed E-state index contributed by atoms with van der Waals surface area (Å²) in [6, 6.07) is 4.84. The summed E-state index contributed by atoms with van der Waals surface area (Å²) >= 11 is 3.18. The molecule has 110 valence electrons. The lowest BCUT2D eigenvalue weighted by Crippen LogP contribution is -2.18. The minimum absolute atomic E-state index is 0.246. The highest BCUT2D eigenvalue weighted by molar-refractivity contribution is 9.10. The quantitative estimate of drug-likeness (QED) is 0.627. The maximum absolute atomic E-state index is 11.8. The molecule has 1 N–H and O–H groups in total. The van der Waals surface area contributed by atoms with Crippen molar-refractivity contribution in [1.82, 2.24) is 0 Å². The van der Waals surface area contributed by atoms with Gasteiger partial charge in [-0.25, -0.2) is 4.79 Å². The third kappa shape index (κ3) is 6.07. The van der Waals surface area contributed by atoms with Gasteiger partial charge in [-0.2, -0.15) is 0 Å². The zero-order valence-corrected chi connectivity index (χ0v) is 11.6. The van der Waals surface area contributed by atoms with Crippen molar-refractivity contribution in [3.05, 3.63) is 34.3 Å². The Hall–Kier alpha value is -1.54. The van der Waals surface area contributed by atoms with Crippen molar-refractivity contribution in [3.8, 4) is 5.75 Å². The average Bonchev–Trinajstić information content (AvgIpc) is 2.32. The molecule has 1 aromatic rings. The third-order valence-corrected chi connectivity index (χ3v) is 2.62. The lowest BCUT2D eigenvalue weighted by Gasteiger charge is -2.12. The summed E-state index contributed by atoms with van der Waals surface area (Å²) < 4.78 is 44.6. The molecule has 0 heterocycles. The number of ether oxygens (including phenoxy) is 2. The van der Waals surface area contributed by atoms with Crippen molar-refractivity contribution in [3.63, 3.8) is 0 Å². The minimum Gasteiger partial charge on any atom is -0.489 e. The predicted molar refractivity (Wildman–Crippen MR) is 68.3 cm³/mol. The van der Waals surface area contributed by atoms with Gasteiger partial charge in [0.15, 0.2) is 0 Å². The molecule has 0 aliphatic rings. The first-order chi connectivity index (χ1) is 9.29. The molecule has 0 unspecified atom stereocenters. The smallest absolute Gasteiger partial charge is 0.489 e. The van der Waals surface area contributed by atoms with E-state index in [-0.39, 0.29) is 12.4 Å². The van der Waals surface area contributed by atoms with Gasteiger partial charge in [-0.15, -0.1) is 13.2 Å². The Morgan fingerprint density at radius 1 is 1.35 bits per heavy atom. The average molecular weight is 355 g/mol. The molecule has 0 saturated heterocycles. The Labute approximate surface area is 120 Å². The van der Waals surface area contributed by atoms with Crippen LogP contribution in [0.5, 0.6) is 5.75 Å². The van der Waals surface area contributed by atoms with Gasteiger partial charge in [0, 0.05) is 11.6 Å². The van der Waals surface area contributed by atoms with E-state index in [4.69, 9.17) is 9.84 Å². The number of rotatable bonds is 6. The van der Waals surface area contributed by atoms with Crippen LogP contribution in [-0.2, 0) is 9.53 Å². The first-order valence-corrected chi connectivity index (χ1v) is 6.12. The molecule has 0 amide bonds. The van der Waals surface area contributed by atoms with Crippen LogP contribution in [0, 0.1) is 0 Å². The normalized spacial score (nSPS) is 11.8. The summed E-state index contributed by atoms with van der Waals surface area (Å²) in [6.45, 7) is -0.983. The van der Waals surface area contributed by atoms with Crippen molar-refractivity contribution < 1.29 is 32.5 Å². The van der Waals surface area contributed by atoms with Crippen LogP contribution < -0.4 is 4.74 Å². The molecule has 1 aromatic carbocycles. The second-order valence-corrected chi connectivity index (χ2v) is 4.33. The summed E-state index contributed by atoms with van der Waals surface area (Å²) in [4.78, 5) is 10.5. The van der Waals surface area contributed by atoms with E-state index in [9.17, 15) is 18.0 Å². The number of halogens is 4. The lowest BCUT2D eigenvalue weighted by atomic mass is 10.2. The molecule has 0 aromatic heterocycles. The number of carbonyl (C=O) groups is 1. The zero-order chi connectivity index (χ0) is 15.2. The van der Waals surface area contributed by atoms with Gasteiger partial charge in [0.05, 0.1) is 11.1 Å². The van der Waals surface area contributed by atoms with Gasteiger partial charge in [-0.1, -0.05) is 12.1 Å². The number of para-hydroxylation sites is 1. The van der Waals surface area contributed by atoms with Gasteiger partial charge < -0.3 is 9.84 Å². The highest BCUT2D eigenvalue weighted by Crippen LogP contribution is 2.30. The van der Waals surface area contributed by atoms with E-state index in [1.807, 2.05) is 0 Å². The number of hydrogen-bond acceptors (Lipinski definition) is 3. The predicted octanol–water partition coefficient (Wildman–Crippen LogP) is 3.46. The van der Waals surface area contributed by atoms with Gasteiger partial charge in [0.2, 0.25) is 0 Å². The molecule has 0 radical (unpaired) electrons. The van der Waals surface area contributed by atoms with Gasteiger partial charge in [-0.05, 0) is 28.1 Å². The van der Waals surface area contributed by atoms with Crippen molar-refractivity contribution in [2.75, 3.05) is 13.2 Å². The molecule has 4 nitrogen and oxygen atoms in total. The van der Waals surface area contributed by atoms with Crippen LogP contribution in [0.15, 0.2) is 28.7 Å². The van der Waals surface area contributed by atoms with E-state index >= 15 is 0 Å². The Balaban J connectivity index is 2.71. The molecule has 0 aliphatic heterocycles. The Morgan fingerprint density at radius 3 is 2.65 bits per heavy atom.